The van der Waals surface area contributed by atoms with Gasteiger partial charge in [0.1, 0.15) is 5.82 Å². The molecule has 2 aliphatic heterocycles. The van der Waals surface area contributed by atoms with E-state index in [2.05, 4.69) is 61.6 Å². The second-order valence-electron chi connectivity index (χ2n) is 8.16. The third kappa shape index (κ3) is 5.73. The summed E-state index contributed by atoms with van der Waals surface area (Å²) in [5, 5.41) is 5.69. The second kappa shape index (κ2) is 10.8. The van der Waals surface area contributed by atoms with Gasteiger partial charge >= 0.3 is 0 Å². The lowest BCUT2D eigenvalue weighted by atomic mass is 9.97. The van der Waals surface area contributed by atoms with Crippen LogP contribution in [0.1, 0.15) is 24.6 Å². The summed E-state index contributed by atoms with van der Waals surface area (Å²) in [6.45, 7) is 11.5. The van der Waals surface area contributed by atoms with Crippen LogP contribution >= 0.6 is 11.3 Å². The Bertz CT molecular complexity index is 762. The minimum atomic E-state index is 0.702. The molecule has 0 spiro atoms. The molecule has 2 aliphatic rings. The Labute approximate surface area is 184 Å². The first-order chi connectivity index (χ1) is 14.8. The Morgan fingerprint density at radius 1 is 1.10 bits per heavy atom. The molecule has 0 aromatic carbocycles. The molecule has 2 fully saturated rings. The molecule has 0 atom stereocenters. The van der Waals surface area contributed by atoms with Crippen molar-refractivity contribution in [2.24, 2.45) is 10.9 Å². The molecule has 0 aliphatic carbocycles. The van der Waals surface area contributed by atoms with E-state index >= 15 is 0 Å². The van der Waals surface area contributed by atoms with Gasteiger partial charge in [0.25, 0.3) is 0 Å². The van der Waals surface area contributed by atoms with E-state index < -0.39 is 0 Å². The molecule has 30 heavy (non-hydrogen) atoms. The predicted octanol–water partition coefficient (Wildman–Crippen LogP) is 3.14. The summed E-state index contributed by atoms with van der Waals surface area (Å²) in [5.74, 6) is 2.86. The lowest BCUT2D eigenvalue weighted by Crippen LogP contribution is -2.53. The van der Waals surface area contributed by atoms with Gasteiger partial charge in [-0.15, -0.1) is 11.3 Å². The molecule has 162 valence electrons. The molecule has 0 unspecified atom stereocenters. The maximum Gasteiger partial charge on any atom is 0.194 e. The zero-order valence-corrected chi connectivity index (χ0v) is 18.9. The SMILES string of the molecule is CCNC(=NCC1CCN(Cc2cccs2)CC1)N1CCN(c2ccccn2)CC1. The highest BCUT2D eigenvalue weighted by Gasteiger charge is 2.22. The third-order valence-corrected chi connectivity index (χ3v) is 6.91. The van der Waals surface area contributed by atoms with Crippen LogP contribution in [0.4, 0.5) is 5.82 Å². The van der Waals surface area contributed by atoms with Crippen molar-refractivity contribution in [3.63, 3.8) is 0 Å². The van der Waals surface area contributed by atoms with Crippen molar-refractivity contribution in [1.82, 2.24) is 20.1 Å². The maximum atomic E-state index is 5.04. The van der Waals surface area contributed by atoms with Crippen LogP contribution in [-0.2, 0) is 6.54 Å². The Kier molecular flexibility index (Phi) is 7.59. The highest BCUT2D eigenvalue weighted by molar-refractivity contribution is 7.09. The van der Waals surface area contributed by atoms with Crippen molar-refractivity contribution < 1.29 is 0 Å². The minimum absolute atomic E-state index is 0.702. The number of pyridine rings is 1. The summed E-state index contributed by atoms with van der Waals surface area (Å²) in [6.07, 6.45) is 4.38. The van der Waals surface area contributed by atoms with Gasteiger partial charge in [-0.1, -0.05) is 12.1 Å². The molecule has 2 aromatic rings. The number of hydrogen-bond donors (Lipinski definition) is 1. The fraction of sp³-hybridized carbons (Fsp3) is 0.565. The van der Waals surface area contributed by atoms with Crippen LogP contribution in [0.3, 0.4) is 0 Å². The Hall–Kier alpha value is -2.12. The first-order valence-corrected chi connectivity index (χ1v) is 12.1. The summed E-state index contributed by atoms with van der Waals surface area (Å²) in [5.41, 5.74) is 0. The van der Waals surface area contributed by atoms with Crippen LogP contribution in [0, 0.1) is 5.92 Å². The van der Waals surface area contributed by atoms with Crippen LogP contribution in [0.5, 0.6) is 0 Å². The van der Waals surface area contributed by atoms with Gasteiger partial charge in [-0.2, -0.15) is 0 Å². The summed E-state index contributed by atoms with van der Waals surface area (Å²) in [4.78, 5) is 18.4. The van der Waals surface area contributed by atoms with Crippen LogP contribution in [0.15, 0.2) is 46.9 Å². The monoisotopic (exact) mass is 426 g/mol. The van der Waals surface area contributed by atoms with E-state index in [0.717, 1.165) is 57.6 Å². The number of nitrogens with zero attached hydrogens (tertiary/aromatic N) is 5. The average Bonchev–Trinajstić information content (AvgIpc) is 3.31. The number of likely N-dealkylation sites (tertiary alicyclic amines) is 1. The molecule has 4 rings (SSSR count). The highest BCUT2D eigenvalue weighted by Crippen LogP contribution is 2.21. The van der Waals surface area contributed by atoms with Crippen molar-refractivity contribution in [2.45, 2.75) is 26.3 Å². The van der Waals surface area contributed by atoms with E-state index in [9.17, 15) is 0 Å². The van der Waals surface area contributed by atoms with Gasteiger partial charge in [-0.3, -0.25) is 9.89 Å². The molecule has 0 radical (unpaired) electrons. The number of anilines is 1. The van der Waals surface area contributed by atoms with E-state index in [4.69, 9.17) is 4.99 Å². The molecule has 2 aromatic heterocycles. The van der Waals surface area contributed by atoms with Crippen molar-refractivity contribution >= 4 is 23.1 Å². The highest BCUT2D eigenvalue weighted by atomic mass is 32.1. The number of rotatable bonds is 6. The fourth-order valence-electron chi connectivity index (χ4n) is 4.28. The van der Waals surface area contributed by atoms with E-state index in [-0.39, 0.29) is 0 Å². The van der Waals surface area contributed by atoms with Crippen LogP contribution in [0.2, 0.25) is 0 Å². The Morgan fingerprint density at radius 3 is 2.60 bits per heavy atom. The van der Waals surface area contributed by atoms with Crippen LogP contribution in [0.25, 0.3) is 0 Å². The first-order valence-electron chi connectivity index (χ1n) is 11.3. The van der Waals surface area contributed by atoms with Gasteiger partial charge in [-0.05, 0) is 62.4 Å². The normalized spacial score (nSPS) is 19.3. The molecule has 0 amide bonds. The second-order valence-corrected chi connectivity index (χ2v) is 9.19. The maximum absolute atomic E-state index is 5.04. The van der Waals surface area contributed by atoms with E-state index in [1.807, 2.05) is 23.6 Å². The van der Waals surface area contributed by atoms with Gasteiger partial charge in [0.05, 0.1) is 0 Å². The molecule has 7 heteroatoms. The van der Waals surface area contributed by atoms with Crippen LogP contribution in [-0.4, -0.2) is 73.1 Å². The zero-order chi connectivity index (χ0) is 20.6. The van der Waals surface area contributed by atoms with E-state index in [0.29, 0.717) is 5.92 Å². The van der Waals surface area contributed by atoms with Gasteiger partial charge < -0.3 is 15.1 Å². The fourth-order valence-corrected chi connectivity index (χ4v) is 5.03. The first kappa shape index (κ1) is 21.1. The molecular weight excluding hydrogens is 392 g/mol. The molecule has 2 saturated heterocycles. The van der Waals surface area contributed by atoms with Crippen molar-refractivity contribution in [1.29, 1.82) is 0 Å². The third-order valence-electron chi connectivity index (χ3n) is 6.05. The lowest BCUT2D eigenvalue weighted by molar-refractivity contribution is 0.181. The number of hydrogen-bond acceptors (Lipinski definition) is 5. The summed E-state index contributed by atoms with van der Waals surface area (Å²) < 4.78 is 0. The number of piperidine rings is 1. The van der Waals surface area contributed by atoms with Crippen molar-refractivity contribution in [3.05, 3.63) is 46.8 Å². The number of piperazine rings is 1. The number of thiophene rings is 1. The molecule has 0 bridgehead atoms. The molecule has 4 heterocycles. The van der Waals surface area contributed by atoms with Gasteiger partial charge in [-0.25, -0.2) is 4.98 Å². The quantitative estimate of drug-likeness (QED) is 0.568. The largest absolute Gasteiger partial charge is 0.357 e. The minimum Gasteiger partial charge on any atom is -0.357 e. The smallest absolute Gasteiger partial charge is 0.194 e. The zero-order valence-electron chi connectivity index (χ0n) is 18.0. The molecular formula is C23H34N6S. The summed E-state index contributed by atoms with van der Waals surface area (Å²) >= 11 is 1.87. The van der Waals surface area contributed by atoms with E-state index in [1.54, 1.807) is 0 Å². The van der Waals surface area contributed by atoms with Crippen molar-refractivity contribution in [3.8, 4) is 0 Å². The summed E-state index contributed by atoms with van der Waals surface area (Å²) in [7, 11) is 0. The summed E-state index contributed by atoms with van der Waals surface area (Å²) in [6, 6.07) is 10.5. The van der Waals surface area contributed by atoms with Gasteiger partial charge in [0.2, 0.25) is 0 Å². The average molecular weight is 427 g/mol. The molecule has 0 saturated carbocycles. The van der Waals surface area contributed by atoms with Crippen molar-refractivity contribution in [2.75, 3.05) is 57.3 Å². The van der Waals surface area contributed by atoms with E-state index in [1.165, 1.54) is 30.8 Å². The van der Waals surface area contributed by atoms with Crippen LogP contribution < -0.4 is 10.2 Å². The number of aliphatic imine (C=N–C) groups is 1. The Morgan fingerprint density at radius 2 is 1.93 bits per heavy atom. The molecule has 6 nitrogen and oxygen atoms in total. The van der Waals surface area contributed by atoms with Gasteiger partial charge in [0.15, 0.2) is 5.96 Å². The number of guanidine groups is 1. The number of nitrogens with one attached hydrogen (secondary N) is 1. The Balaban J connectivity index is 1.25. The topological polar surface area (TPSA) is 47.0 Å². The lowest BCUT2D eigenvalue weighted by Gasteiger charge is -2.37. The predicted molar refractivity (Wildman–Crippen MR) is 126 cm³/mol. The molecule has 1 N–H and O–H groups in total. The number of aromatic nitrogens is 1. The standard InChI is InChI=1S/C23H34N6S/c1-2-24-23(29-15-13-28(14-16-29)22-7-3-4-10-25-22)26-18-20-8-11-27(12-9-20)19-21-6-5-17-30-21/h3-7,10,17,20H,2,8-9,11-16,18-19H2,1H3,(H,24,26). The van der Waals surface area contributed by atoms with Gasteiger partial charge in [0, 0.05) is 56.9 Å².